The molecule has 0 aromatic carbocycles. The first-order chi connectivity index (χ1) is 11.8. The van der Waals surface area contributed by atoms with Crippen LogP contribution in [0.4, 0.5) is 17.6 Å². The highest BCUT2D eigenvalue weighted by Crippen LogP contribution is 2.39. The number of nitrogens with zero attached hydrogens (tertiary/aromatic N) is 5. The van der Waals surface area contributed by atoms with Crippen molar-refractivity contribution in [3.63, 3.8) is 0 Å². The van der Waals surface area contributed by atoms with E-state index in [9.17, 15) is 0 Å². The van der Waals surface area contributed by atoms with E-state index in [1.54, 1.807) is 0 Å². The van der Waals surface area contributed by atoms with Gasteiger partial charge in [0, 0.05) is 43.0 Å². The summed E-state index contributed by atoms with van der Waals surface area (Å²) in [5, 5.41) is 15.4. The molecule has 124 valence electrons. The van der Waals surface area contributed by atoms with Crippen LogP contribution in [0.15, 0.2) is 24.4 Å². The summed E-state index contributed by atoms with van der Waals surface area (Å²) >= 11 is 0. The van der Waals surface area contributed by atoms with Crippen LogP contribution in [0.2, 0.25) is 0 Å². The highest BCUT2D eigenvalue weighted by molar-refractivity contribution is 5.73. The minimum atomic E-state index is 0.192. The number of H-pyrrole nitrogens is 1. The van der Waals surface area contributed by atoms with Crippen molar-refractivity contribution in [1.82, 2.24) is 24.8 Å². The van der Waals surface area contributed by atoms with Gasteiger partial charge in [-0.15, -0.1) is 5.10 Å². The number of hydrogen-bond donors (Lipinski definition) is 3. The molecule has 0 amide bonds. The van der Waals surface area contributed by atoms with Gasteiger partial charge in [0.05, 0.1) is 0 Å². The first kappa shape index (κ1) is 13.8. The van der Waals surface area contributed by atoms with Crippen LogP contribution in [-0.4, -0.2) is 43.9 Å². The Bertz CT molecular complexity index is 877. The minimum absolute atomic E-state index is 0.192. The van der Waals surface area contributed by atoms with Crippen molar-refractivity contribution in [2.75, 3.05) is 23.3 Å². The lowest BCUT2D eigenvalue weighted by Crippen LogP contribution is -2.28. The van der Waals surface area contributed by atoms with E-state index in [1.165, 1.54) is 18.5 Å². The summed E-state index contributed by atoms with van der Waals surface area (Å²) in [6.07, 6.45) is 5.40. The second-order valence-corrected chi connectivity index (χ2v) is 6.70. The smallest absolute Gasteiger partial charge is 0.245 e. The molecule has 4 N–H and O–H groups in total. The van der Waals surface area contributed by atoms with Gasteiger partial charge < -0.3 is 16.0 Å². The van der Waals surface area contributed by atoms with Crippen molar-refractivity contribution >= 4 is 23.1 Å². The van der Waals surface area contributed by atoms with Gasteiger partial charge in [0.1, 0.15) is 5.52 Å². The van der Waals surface area contributed by atoms with Crippen molar-refractivity contribution in [2.24, 2.45) is 5.73 Å². The SMILES string of the molecule is N[C@H]1CCN(c2nc(Nc3cc(C4CC4)[nH]n3)c3cccn3n2)C1. The molecule has 0 spiro atoms. The highest BCUT2D eigenvalue weighted by Gasteiger charge is 2.26. The minimum Gasteiger partial charge on any atom is -0.338 e. The molecule has 8 heteroatoms. The molecule has 3 aromatic heterocycles. The number of aromatic amines is 1. The fourth-order valence-electron chi connectivity index (χ4n) is 3.24. The molecule has 0 radical (unpaired) electrons. The maximum atomic E-state index is 6.02. The highest BCUT2D eigenvalue weighted by atomic mass is 15.4. The van der Waals surface area contributed by atoms with Gasteiger partial charge in [-0.1, -0.05) is 0 Å². The predicted octanol–water partition coefficient (Wildman–Crippen LogP) is 1.61. The van der Waals surface area contributed by atoms with E-state index in [0.717, 1.165) is 36.7 Å². The molecule has 0 bridgehead atoms. The van der Waals surface area contributed by atoms with Crippen LogP contribution in [-0.2, 0) is 0 Å². The summed E-state index contributed by atoms with van der Waals surface area (Å²) in [5.41, 5.74) is 8.15. The summed E-state index contributed by atoms with van der Waals surface area (Å²) < 4.78 is 1.85. The fraction of sp³-hybridized carbons (Fsp3) is 0.438. The van der Waals surface area contributed by atoms with E-state index in [4.69, 9.17) is 10.7 Å². The third-order valence-corrected chi connectivity index (χ3v) is 4.75. The van der Waals surface area contributed by atoms with Crippen LogP contribution in [0.5, 0.6) is 0 Å². The van der Waals surface area contributed by atoms with Gasteiger partial charge in [-0.2, -0.15) is 10.1 Å². The van der Waals surface area contributed by atoms with Gasteiger partial charge in [-0.25, -0.2) is 4.52 Å². The zero-order valence-electron chi connectivity index (χ0n) is 13.3. The number of hydrogen-bond acceptors (Lipinski definition) is 6. The summed E-state index contributed by atoms with van der Waals surface area (Å²) in [6.45, 7) is 1.68. The number of rotatable bonds is 4. The zero-order valence-corrected chi connectivity index (χ0v) is 13.3. The molecule has 8 nitrogen and oxygen atoms in total. The Hall–Kier alpha value is -2.61. The molecule has 1 saturated carbocycles. The van der Waals surface area contributed by atoms with Gasteiger partial charge in [-0.3, -0.25) is 5.10 Å². The Kier molecular flexibility index (Phi) is 2.99. The standard InChI is InChI=1S/C16H20N8/c17-11-5-7-23(9-11)16-19-15(13-2-1-6-24(13)22-16)18-14-8-12(20-21-14)10-3-4-10/h1-2,6,8,10-11H,3-5,7,9,17H2,(H2,18,19,20,21,22)/t11-/m0/s1. The molecule has 5 rings (SSSR count). The van der Waals surface area contributed by atoms with Gasteiger partial charge >= 0.3 is 0 Å². The van der Waals surface area contributed by atoms with Gasteiger partial charge in [0.15, 0.2) is 11.6 Å². The molecule has 2 fully saturated rings. The van der Waals surface area contributed by atoms with Crippen molar-refractivity contribution in [2.45, 2.75) is 31.2 Å². The molecule has 1 aliphatic carbocycles. The van der Waals surface area contributed by atoms with Gasteiger partial charge in [0.2, 0.25) is 5.95 Å². The Balaban J connectivity index is 1.49. The molecule has 0 unspecified atom stereocenters. The number of fused-ring (bicyclic) bond motifs is 1. The van der Waals surface area contributed by atoms with E-state index >= 15 is 0 Å². The number of nitrogens with one attached hydrogen (secondary N) is 2. The lowest BCUT2D eigenvalue weighted by molar-refractivity contribution is 0.747. The monoisotopic (exact) mass is 324 g/mol. The lowest BCUT2D eigenvalue weighted by Gasteiger charge is -2.17. The quantitative estimate of drug-likeness (QED) is 0.674. The molecule has 24 heavy (non-hydrogen) atoms. The first-order valence-electron chi connectivity index (χ1n) is 8.44. The molecule has 1 saturated heterocycles. The molecule has 3 aromatic rings. The normalized spacial score (nSPS) is 20.9. The van der Waals surface area contributed by atoms with E-state index < -0.39 is 0 Å². The molecule has 2 aliphatic rings. The van der Waals surface area contributed by atoms with E-state index in [0.29, 0.717) is 11.9 Å². The largest absolute Gasteiger partial charge is 0.338 e. The van der Waals surface area contributed by atoms with Crippen LogP contribution >= 0.6 is 0 Å². The first-order valence-corrected chi connectivity index (χ1v) is 8.44. The van der Waals surface area contributed by atoms with Crippen LogP contribution < -0.4 is 16.0 Å². The van der Waals surface area contributed by atoms with Crippen molar-refractivity contribution in [3.8, 4) is 0 Å². The third-order valence-electron chi connectivity index (χ3n) is 4.75. The summed E-state index contributed by atoms with van der Waals surface area (Å²) in [5.74, 6) is 2.91. The van der Waals surface area contributed by atoms with E-state index in [-0.39, 0.29) is 6.04 Å². The second-order valence-electron chi connectivity index (χ2n) is 6.70. The Labute approximate surface area is 139 Å². The molecule has 1 aliphatic heterocycles. The second kappa shape index (κ2) is 5.20. The van der Waals surface area contributed by atoms with Crippen LogP contribution in [0.25, 0.3) is 5.52 Å². The Morgan fingerprint density at radius 1 is 1.29 bits per heavy atom. The van der Waals surface area contributed by atoms with Gasteiger partial charge in [0.25, 0.3) is 0 Å². The average molecular weight is 324 g/mol. The fourth-order valence-corrected chi connectivity index (χ4v) is 3.24. The van der Waals surface area contributed by atoms with Crippen LogP contribution in [0.1, 0.15) is 30.9 Å². The predicted molar refractivity (Wildman–Crippen MR) is 91.6 cm³/mol. The number of aromatic nitrogens is 5. The van der Waals surface area contributed by atoms with E-state index in [2.05, 4.69) is 31.6 Å². The number of anilines is 3. The lowest BCUT2D eigenvalue weighted by atomic mass is 10.3. The van der Waals surface area contributed by atoms with Gasteiger partial charge in [-0.05, 0) is 31.4 Å². The Morgan fingerprint density at radius 2 is 2.21 bits per heavy atom. The van der Waals surface area contributed by atoms with Crippen molar-refractivity contribution in [3.05, 3.63) is 30.1 Å². The molecule has 4 heterocycles. The molecular formula is C16H20N8. The molecular weight excluding hydrogens is 304 g/mol. The topological polar surface area (TPSA) is 100 Å². The average Bonchev–Trinajstić information content (AvgIpc) is 2.99. The van der Waals surface area contributed by atoms with Crippen molar-refractivity contribution < 1.29 is 0 Å². The summed E-state index contributed by atoms with van der Waals surface area (Å²) in [4.78, 5) is 6.86. The van der Waals surface area contributed by atoms with Crippen LogP contribution in [0.3, 0.4) is 0 Å². The third kappa shape index (κ3) is 2.39. The summed E-state index contributed by atoms with van der Waals surface area (Å²) in [6, 6.07) is 6.23. The maximum absolute atomic E-state index is 6.02. The zero-order chi connectivity index (χ0) is 16.1. The Morgan fingerprint density at radius 3 is 3.00 bits per heavy atom. The number of nitrogens with two attached hydrogens (primary N) is 1. The maximum Gasteiger partial charge on any atom is 0.245 e. The summed E-state index contributed by atoms with van der Waals surface area (Å²) in [7, 11) is 0. The molecule has 1 atom stereocenters. The van der Waals surface area contributed by atoms with Crippen LogP contribution in [0, 0.1) is 0 Å². The van der Waals surface area contributed by atoms with E-state index in [1.807, 2.05) is 22.8 Å². The van der Waals surface area contributed by atoms with Crippen molar-refractivity contribution in [1.29, 1.82) is 0 Å².